The molecule has 36 heavy (non-hydrogen) atoms. The highest BCUT2D eigenvalue weighted by Gasteiger charge is 2.28. The fraction of sp³-hybridized carbons (Fsp3) is 0.261. The molecule has 13 heteroatoms. The number of carbonyl (C=O) groups excluding carboxylic acids is 1. The number of ether oxygens (including phenoxy) is 3. The number of benzene rings is 1. The molecule has 1 aromatic carbocycles. The number of carbonyl (C=O) groups is 1. The molecule has 0 spiro atoms. The molecule has 3 aromatic heterocycles. The van der Waals surface area contributed by atoms with E-state index in [0.717, 1.165) is 0 Å². The van der Waals surface area contributed by atoms with Crippen LogP contribution < -0.4 is 20.3 Å². The minimum Gasteiger partial charge on any atom is -0.506 e. The summed E-state index contributed by atoms with van der Waals surface area (Å²) in [6.45, 7) is 2.19. The molecule has 0 aliphatic heterocycles. The van der Waals surface area contributed by atoms with Crippen molar-refractivity contribution in [2.75, 3.05) is 26.1 Å². The van der Waals surface area contributed by atoms with Crippen molar-refractivity contribution in [1.29, 1.82) is 0 Å². The molecule has 3 heterocycles. The van der Waals surface area contributed by atoms with E-state index >= 15 is 0 Å². The molecule has 188 valence electrons. The molecule has 0 aliphatic carbocycles. The molecule has 0 saturated heterocycles. The molecular formula is C23H23N5O7S. The summed E-state index contributed by atoms with van der Waals surface area (Å²) < 4.78 is 22.1. The van der Waals surface area contributed by atoms with Crippen LogP contribution in [0.5, 0.6) is 17.2 Å². The number of rotatable bonds is 10. The van der Waals surface area contributed by atoms with E-state index in [1.165, 1.54) is 25.6 Å². The van der Waals surface area contributed by atoms with Gasteiger partial charge < -0.3 is 34.0 Å². The predicted octanol–water partition coefficient (Wildman–Crippen LogP) is 2.99. The number of nitrogens with zero attached hydrogens (tertiary/aromatic N) is 3. The average molecular weight is 514 g/mol. The van der Waals surface area contributed by atoms with Gasteiger partial charge in [-0.05, 0) is 19.1 Å². The maximum atomic E-state index is 13.0. The fourth-order valence-corrected chi connectivity index (χ4v) is 4.07. The molecule has 0 aliphatic rings. The van der Waals surface area contributed by atoms with E-state index in [0.29, 0.717) is 34.5 Å². The average Bonchev–Trinajstić information content (AvgIpc) is 3.54. The lowest BCUT2D eigenvalue weighted by Gasteiger charge is -2.18. The van der Waals surface area contributed by atoms with Gasteiger partial charge in [0.15, 0.2) is 5.13 Å². The summed E-state index contributed by atoms with van der Waals surface area (Å²) in [7, 11) is 2.95. The number of hydrogen-bond donors (Lipinski definition) is 3. The van der Waals surface area contributed by atoms with Gasteiger partial charge in [0.25, 0.3) is 11.4 Å². The number of aromatic amines is 1. The lowest BCUT2D eigenvalue weighted by Crippen LogP contribution is -2.15. The molecule has 0 unspecified atom stereocenters. The van der Waals surface area contributed by atoms with Gasteiger partial charge in [-0.25, -0.2) is 4.98 Å². The summed E-state index contributed by atoms with van der Waals surface area (Å²) in [5, 5.41) is 23.9. The second-order valence-electron chi connectivity index (χ2n) is 7.27. The van der Waals surface area contributed by atoms with Gasteiger partial charge in [0.05, 0.1) is 37.6 Å². The van der Waals surface area contributed by atoms with E-state index in [-0.39, 0.29) is 35.9 Å². The number of thiazole rings is 1. The van der Waals surface area contributed by atoms with Crippen molar-refractivity contribution in [3.8, 4) is 39.8 Å². The van der Waals surface area contributed by atoms with Crippen LogP contribution >= 0.6 is 11.3 Å². The first-order valence-electron chi connectivity index (χ1n) is 10.8. The highest BCUT2D eigenvalue weighted by molar-refractivity contribution is 7.13. The zero-order valence-corrected chi connectivity index (χ0v) is 20.5. The molecule has 4 rings (SSSR count). The van der Waals surface area contributed by atoms with Crippen LogP contribution in [0.15, 0.2) is 39.0 Å². The third-order valence-electron chi connectivity index (χ3n) is 5.07. The van der Waals surface area contributed by atoms with Gasteiger partial charge in [0.1, 0.15) is 29.2 Å². The first-order valence-corrected chi connectivity index (χ1v) is 11.6. The third-order valence-corrected chi connectivity index (χ3v) is 5.75. The molecule has 0 saturated carbocycles. The van der Waals surface area contributed by atoms with Crippen molar-refractivity contribution in [3.63, 3.8) is 0 Å². The molecule has 0 radical (unpaired) electrons. The van der Waals surface area contributed by atoms with Crippen LogP contribution in [0.2, 0.25) is 0 Å². The van der Waals surface area contributed by atoms with Gasteiger partial charge in [-0.2, -0.15) is 0 Å². The Balaban J connectivity index is 1.78. The van der Waals surface area contributed by atoms with Crippen LogP contribution in [0.25, 0.3) is 22.6 Å². The Kier molecular flexibility index (Phi) is 7.61. The normalized spacial score (nSPS) is 10.9. The monoisotopic (exact) mass is 513 g/mol. The van der Waals surface area contributed by atoms with Gasteiger partial charge in [-0.15, -0.1) is 21.5 Å². The molecule has 1 amide bonds. The largest absolute Gasteiger partial charge is 0.506 e. The quantitative estimate of drug-likeness (QED) is 0.287. The number of aromatic nitrogens is 4. The van der Waals surface area contributed by atoms with E-state index in [2.05, 4.69) is 25.5 Å². The highest BCUT2D eigenvalue weighted by Crippen LogP contribution is 2.46. The maximum absolute atomic E-state index is 13.0. The molecule has 4 aromatic rings. The van der Waals surface area contributed by atoms with Crippen molar-refractivity contribution >= 4 is 22.4 Å². The Bertz CT molecular complexity index is 1390. The number of aromatic hydroxyl groups is 1. The van der Waals surface area contributed by atoms with Crippen molar-refractivity contribution in [3.05, 3.63) is 51.7 Å². The Hall–Kier alpha value is -4.23. The number of nitrogens with one attached hydrogen (secondary N) is 2. The number of H-pyrrole nitrogens is 1. The second-order valence-corrected chi connectivity index (χ2v) is 8.16. The topological polar surface area (TPSA) is 162 Å². The number of anilines is 1. The summed E-state index contributed by atoms with van der Waals surface area (Å²) in [4.78, 5) is 32.0. The van der Waals surface area contributed by atoms with Gasteiger partial charge in [-0.3, -0.25) is 9.59 Å². The number of methoxy groups -OCH3 is 2. The van der Waals surface area contributed by atoms with Gasteiger partial charge in [-0.1, -0.05) is 6.07 Å². The van der Waals surface area contributed by atoms with Crippen LogP contribution in [0.4, 0.5) is 5.13 Å². The standard InChI is InChI=1S/C23H23N5O7S/c1-4-34-11-12-17(18-13(32-2)6-5-7-14(18)33-3)20(30)19(21(31)25-12)22-28-27-16(35-22)10-15(29)26-23-24-8-9-36-23/h5-9H,4,10-11H2,1-3H3,(H,24,26,29)(H2,25,30,31). The van der Waals surface area contributed by atoms with Crippen LogP contribution in [0.3, 0.4) is 0 Å². The highest BCUT2D eigenvalue weighted by atomic mass is 32.1. The lowest BCUT2D eigenvalue weighted by molar-refractivity contribution is -0.115. The molecule has 0 fully saturated rings. The summed E-state index contributed by atoms with van der Waals surface area (Å²) in [6.07, 6.45) is 1.31. The first kappa shape index (κ1) is 24.9. The number of amides is 1. The van der Waals surface area contributed by atoms with E-state index in [1.807, 2.05) is 0 Å². The zero-order chi connectivity index (χ0) is 25.7. The molecule has 0 atom stereocenters. The van der Waals surface area contributed by atoms with Crippen LogP contribution in [0.1, 0.15) is 18.5 Å². The minimum absolute atomic E-state index is 0.00211. The first-order chi connectivity index (χ1) is 17.5. The minimum atomic E-state index is -0.678. The van der Waals surface area contributed by atoms with Gasteiger partial charge >= 0.3 is 0 Å². The molecule has 0 bridgehead atoms. The Labute approximate surface area is 208 Å². The molecule has 3 N–H and O–H groups in total. The van der Waals surface area contributed by atoms with Crippen molar-refractivity contribution in [2.45, 2.75) is 20.0 Å². The summed E-state index contributed by atoms with van der Waals surface area (Å²) in [6, 6.07) is 5.12. The Morgan fingerprint density at radius 1 is 1.17 bits per heavy atom. The maximum Gasteiger partial charge on any atom is 0.264 e. The van der Waals surface area contributed by atoms with Crippen LogP contribution in [-0.4, -0.2) is 52.0 Å². The second kappa shape index (κ2) is 11.0. The Morgan fingerprint density at radius 3 is 2.56 bits per heavy atom. The smallest absolute Gasteiger partial charge is 0.264 e. The van der Waals surface area contributed by atoms with E-state index < -0.39 is 17.2 Å². The van der Waals surface area contributed by atoms with Crippen molar-refractivity contribution < 1.29 is 28.5 Å². The van der Waals surface area contributed by atoms with E-state index in [4.69, 9.17) is 18.6 Å². The van der Waals surface area contributed by atoms with E-state index in [9.17, 15) is 14.7 Å². The molecule has 12 nitrogen and oxygen atoms in total. The van der Waals surface area contributed by atoms with Crippen molar-refractivity contribution in [1.82, 2.24) is 20.2 Å². The number of pyridine rings is 1. The summed E-state index contributed by atoms with van der Waals surface area (Å²) in [5.41, 5.74) is -0.0311. The molecular weight excluding hydrogens is 490 g/mol. The van der Waals surface area contributed by atoms with Gasteiger partial charge in [0, 0.05) is 18.2 Å². The van der Waals surface area contributed by atoms with Crippen LogP contribution in [-0.2, 0) is 22.6 Å². The predicted molar refractivity (Wildman–Crippen MR) is 130 cm³/mol. The Morgan fingerprint density at radius 2 is 1.92 bits per heavy atom. The van der Waals surface area contributed by atoms with E-state index in [1.54, 1.807) is 36.7 Å². The summed E-state index contributed by atoms with van der Waals surface area (Å²) in [5.74, 6) is -0.379. The van der Waals surface area contributed by atoms with Gasteiger partial charge in [0.2, 0.25) is 11.8 Å². The van der Waals surface area contributed by atoms with Crippen LogP contribution in [0, 0.1) is 0 Å². The lowest BCUT2D eigenvalue weighted by atomic mass is 9.98. The van der Waals surface area contributed by atoms with Crippen molar-refractivity contribution in [2.24, 2.45) is 0 Å². The summed E-state index contributed by atoms with van der Waals surface area (Å²) >= 11 is 1.26. The third kappa shape index (κ3) is 5.06. The number of hydrogen-bond acceptors (Lipinski definition) is 11. The zero-order valence-electron chi connectivity index (χ0n) is 19.7. The SMILES string of the molecule is CCOCc1[nH]c(=O)c(-c2nnc(CC(=O)Nc3nccs3)o2)c(O)c1-c1c(OC)cccc1OC. The fourth-order valence-electron chi connectivity index (χ4n) is 3.53.